The van der Waals surface area contributed by atoms with E-state index >= 15 is 0 Å². The number of hydrogen-bond acceptors (Lipinski definition) is 0. The molecule has 0 aliphatic heterocycles. The Morgan fingerprint density at radius 3 is 2.20 bits per heavy atom. The van der Waals surface area contributed by atoms with E-state index in [-0.39, 0.29) is 26.0 Å². The van der Waals surface area contributed by atoms with E-state index in [2.05, 4.69) is 6.92 Å². The summed E-state index contributed by atoms with van der Waals surface area (Å²) in [6.45, 7) is 3.88. The summed E-state index contributed by atoms with van der Waals surface area (Å²) in [5.74, 6) is 0. The Hall–Kier alpha value is 0.584. The van der Waals surface area contributed by atoms with Crippen LogP contribution in [0.2, 0.25) is 0 Å². The largest absolute Gasteiger partial charge is 2.00 e. The van der Waals surface area contributed by atoms with Crippen LogP contribution in [-0.2, 0) is 18.6 Å². The minimum absolute atomic E-state index is 0. The Balaban J connectivity index is -0.0000000450. The number of hydrogen-bond donors (Lipinski definition) is 0. The second-order valence-electron chi connectivity index (χ2n) is 0.354. The van der Waals surface area contributed by atoms with Crippen molar-refractivity contribution in [1.82, 2.24) is 0 Å². The molecule has 0 aliphatic rings. The molecule has 0 saturated heterocycles. The van der Waals surface area contributed by atoms with Crippen LogP contribution in [0, 0.1) is 14.4 Å². The second-order valence-corrected chi connectivity index (χ2v) is 0.354. The standard InChI is InChI=1S/C3H7.CH3.V/c1-3-2;;/h1,3H2,2H3;1H3;/q2*-1;+2/i2T;;. The molecule has 0 fully saturated rings. The molecule has 0 heterocycles. The van der Waals surface area contributed by atoms with Gasteiger partial charge in [-0.2, -0.15) is 6.42 Å². The van der Waals surface area contributed by atoms with Gasteiger partial charge in [0.2, 0.25) is 0 Å². The summed E-state index contributed by atoms with van der Waals surface area (Å²) >= 11 is 0. The molecule has 0 amide bonds. The fourth-order valence-corrected chi connectivity index (χ4v) is 0. The van der Waals surface area contributed by atoms with Gasteiger partial charge < -0.3 is 14.4 Å². The molecule has 0 aliphatic carbocycles. The van der Waals surface area contributed by atoms with Gasteiger partial charge in [0.1, 0.15) is 0 Å². The molecule has 1 heteroatoms. The van der Waals surface area contributed by atoms with Crippen molar-refractivity contribution in [2.75, 3.05) is 0 Å². The minimum Gasteiger partial charge on any atom is -0.358 e. The van der Waals surface area contributed by atoms with Gasteiger partial charge in [0, 0.05) is 1.37 Å². The first-order valence-electron chi connectivity index (χ1n) is 1.71. The van der Waals surface area contributed by atoms with E-state index < -0.39 is 0 Å². The molecule has 0 bridgehead atoms. The molecule has 31 valence electrons. The van der Waals surface area contributed by atoms with Crippen molar-refractivity contribution in [3.8, 4) is 0 Å². The van der Waals surface area contributed by atoms with Crippen molar-refractivity contribution < 1.29 is 19.9 Å². The normalized spacial score (nSPS) is 6.20. The monoisotopic (exact) mass is 111 g/mol. The molecular formula is C4H10V. The third-order valence-corrected chi connectivity index (χ3v) is 0. The molecular weight excluding hydrogens is 99.0 g/mol. The molecule has 0 nitrogen and oxygen atoms in total. The van der Waals surface area contributed by atoms with Gasteiger partial charge in [-0.25, -0.2) is 0 Å². The fourth-order valence-electron chi connectivity index (χ4n) is 0. The zero-order valence-corrected chi connectivity index (χ0v) is 4.97. The zero-order chi connectivity index (χ0) is 3.41. The van der Waals surface area contributed by atoms with Crippen LogP contribution in [0.4, 0.5) is 0 Å². The first kappa shape index (κ1) is 9.14. The van der Waals surface area contributed by atoms with E-state index in [1.54, 1.807) is 0 Å². The zero-order valence-electron chi connectivity index (χ0n) is 4.57. The predicted octanol–water partition coefficient (Wildman–Crippen LogP) is 1.68. The Morgan fingerprint density at radius 2 is 2.20 bits per heavy atom. The van der Waals surface area contributed by atoms with Crippen molar-refractivity contribution >= 4 is 0 Å². The Labute approximate surface area is 48.3 Å². The van der Waals surface area contributed by atoms with Gasteiger partial charge in [0.25, 0.3) is 0 Å². The average molecular weight is 111 g/mol. The van der Waals surface area contributed by atoms with Crippen LogP contribution in [0.1, 0.15) is 14.7 Å². The van der Waals surface area contributed by atoms with E-state index in [1.165, 1.54) is 0 Å². The van der Waals surface area contributed by atoms with E-state index in [1.807, 2.05) is 0 Å². The summed E-state index contributed by atoms with van der Waals surface area (Å²) in [7, 11) is 0. The summed E-state index contributed by atoms with van der Waals surface area (Å²) < 4.78 is 6.39. The van der Waals surface area contributed by atoms with Crippen molar-refractivity contribution in [3.63, 3.8) is 0 Å². The smallest absolute Gasteiger partial charge is 0.358 e. The Morgan fingerprint density at radius 1 is 2.00 bits per heavy atom. The SMILES string of the molecule is [3H]CC[CH2-].[CH3-].[V+2]. The van der Waals surface area contributed by atoms with Gasteiger partial charge in [-0.1, -0.05) is 6.90 Å². The van der Waals surface area contributed by atoms with Crippen LogP contribution < -0.4 is 0 Å². The first-order chi connectivity index (χ1) is 1.91. The van der Waals surface area contributed by atoms with Gasteiger partial charge in [-0.3, -0.25) is 0 Å². The summed E-state index contributed by atoms with van der Waals surface area (Å²) in [6.07, 6.45) is 0.736. The van der Waals surface area contributed by atoms with Crippen LogP contribution in [-0.4, -0.2) is 0 Å². The van der Waals surface area contributed by atoms with Gasteiger partial charge >= 0.3 is 18.6 Å². The summed E-state index contributed by atoms with van der Waals surface area (Å²) in [4.78, 5) is 0. The summed E-state index contributed by atoms with van der Waals surface area (Å²) in [5, 5.41) is 0. The topological polar surface area (TPSA) is 0 Å². The average Bonchev–Trinajstić information content (AvgIpc) is 1.37. The Kier molecular flexibility index (Phi) is 42.9. The minimum atomic E-state index is 0. The van der Waals surface area contributed by atoms with E-state index in [0.717, 1.165) is 6.42 Å². The van der Waals surface area contributed by atoms with Crippen molar-refractivity contribution in [3.05, 3.63) is 14.4 Å². The third kappa shape index (κ3) is 89.7. The first-order valence-corrected chi connectivity index (χ1v) is 1.000. The van der Waals surface area contributed by atoms with Crippen LogP contribution in [0.25, 0.3) is 0 Å². The van der Waals surface area contributed by atoms with Crippen LogP contribution in [0.3, 0.4) is 0 Å². The molecule has 1 radical (unpaired) electrons. The van der Waals surface area contributed by atoms with Gasteiger partial charge in [-0.05, 0) is 0 Å². The van der Waals surface area contributed by atoms with Crippen molar-refractivity contribution in [2.45, 2.75) is 13.3 Å². The molecule has 0 spiro atoms. The maximum absolute atomic E-state index is 6.39. The number of rotatable bonds is 0. The molecule has 5 heavy (non-hydrogen) atoms. The Bertz CT molecular complexity index is 9.51. The van der Waals surface area contributed by atoms with Gasteiger partial charge in [0.15, 0.2) is 0 Å². The van der Waals surface area contributed by atoms with Crippen LogP contribution >= 0.6 is 0 Å². The second kappa shape index (κ2) is 23.5. The van der Waals surface area contributed by atoms with Crippen molar-refractivity contribution in [1.29, 1.82) is 0 Å². The maximum atomic E-state index is 6.39. The van der Waals surface area contributed by atoms with E-state index in [0.29, 0.717) is 6.90 Å². The quantitative estimate of drug-likeness (QED) is 0.417. The summed E-state index contributed by atoms with van der Waals surface area (Å²) in [5.41, 5.74) is 0. The molecule has 0 aromatic rings. The molecule has 0 atom stereocenters. The molecule has 0 aromatic heterocycles. The van der Waals surface area contributed by atoms with Crippen molar-refractivity contribution in [2.24, 2.45) is 0 Å². The molecule has 0 rings (SSSR count). The predicted molar refractivity (Wildman–Crippen MR) is 22.1 cm³/mol. The summed E-state index contributed by atoms with van der Waals surface area (Å²) in [6, 6.07) is 0. The van der Waals surface area contributed by atoms with Crippen LogP contribution in [0.15, 0.2) is 0 Å². The molecule has 0 saturated carbocycles. The van der Waals surface area contributed by atoms with E-state index in [9.17, 15) is 0 Å². The fraction of sp³-hybridized carbons (Fsp3) is 0.500. The molecule has 0 N–H and O–H groups in total. The molecule has 0 aromatic carbocycles. The third-order valence-electron chi connectivity index (χ3n) is 0. The van der Waals surface area contributed by atoms with Gasteiger partial charge in [0.05, 0.1) is 0 Å². The van der Waals surface area contributed by atoms with Gasteiger partial charge in [-0.15, -0.1) is 0 Å². The molecule has 0 unspecified atom stereocenters. The van der Waals surface area contributed by atoms with Crippen LogP contribution in [0.5, 0.6) is 0 Å². The maximum Gasteiger partial charge on any atom is 2.00 e. The van der Waals surface area contributed by atoms with E-state index in [4.69, 9.17) is 1.37 Å².